The molecule has 3 aromatic rings. The molecule has 1 aromatic heterocycles. The first kappa shape index (κ1) is 23.2. The predicted molar refractivity (Wildman–Crippen MR) is 120 cm³/mol. The van der Waals surface area contributed by atoms with Crippen molar-refractivity contribution in [3.63, 3.8) is 0 Å². The van der Waals surface area contributed by atoms with Crippen LogP contribution in [0.1, 0.15) is 12.5 Å². The minimum Gasteiger partial charge on any atom is -0.325 e. The molecule has 2 aromatic carbocycles. The molecule has 3 rings (SSSR count). The number of carbonyl (C=O) groups is 1. The number of aryl methyl sites for hydroxylation is 1. The first-order chi connectivity index (χ1) is 14.6. The zero-order valence-corrected chi connectivity index (χ0v) is 19.7. The number of halogens is 1. The number of amides is 1. The highest BCUT2D eigenvalue weighted by atomic mass is 35.5. The monoisotopic (exact) mass is 480 g/mol. The van der Waals surface area contributed by atoms with E-state index in [1.165, 1.54) is 42.7 Å². The van der Waals surface area contributed by atoms with E-state index in [1.807, 2.05) is 0 Å². The number of carbonyl (C=O) groups excluding carboxylic acids is 1. The van der Waals surface area contributed by atoms with E-state index >= 15 is 0 Å². The summed E-state index contributed by atoms with van der Waals surface area (Å²) in [5, 5.41) is 14.9. The van der Waals surface area contributed by atoms with E-state index in [9.17, 15) is 13.2 Å². The van der Waals surface area contributed by atoms with Gasteiger partial charge in [0, 0.05) is 24.8 Å². The van der Waals surface area contributed by atoms with E-state index < -0.39 is 15.3 Å². The molecule has 0 aliphatic rings. The summed E-state index contributed by atoms with van der Waals surface area (Å²) in [6.07, 6.45) is 0. The Morgan fingerprint density at radius 1 is 1.19 bits per heavy atom. The Labute approximate surface area is 189 Å². The summed E-state index contributed by atoms with van der Waals surface area (Å²) in [4.78, 5) is 12.9. The van der Waals surface area contributed by atoms with Crippen LogP contribution in [0.3, 0.4) is 0 Å². The zero-order valence-electron chi connectivity index (χ0n) is 17.3. The molecular weight excluding hydrogens is 460 g/mol. The molecule has 0 radical (unpaired) electrons. The lowest BCUT2D eigenvalue weighted by molar-refractivity contribution is -0.115. The van der Waals surface area contributed by atoms with Gasteiger partial charge in [0.25, 0.3) is 0 Å². The second-order valence-corrected chi connectivity index (χ2v) is 10.8. The van der Waals surface area contributed by atoms with Crippen molar-refractivity contribution < 1.29 is 13.2 Å². The van der Waals surface area contributed by atoms with E-state index in [1.54, 1.807) is 44.2 Å². The van der Waals surface area contributed by atoms with Crippen molar-refractivity contribution in [1.29, 1.82) is 0 Å². The lowest BCUT2D eigenvalue weighted by Gasteiger charge is -2.16. The normalized spacial score (nSPS) is 12.7. The summed E-state index contributed by atoms with van der Waals surface area (Å²) in [6, 6.07) is 11.6. The molecule has 0 saturated carbocycles. The van der Waals surface area contributed by atoms with Gasteiger partial charge >= 0.3 is 0 Å². The number of benzene rings is 2. The average Bonchev–Trinajstić information content (AvgIpc) is 3.17. The molecule has 31 heavy (non-hydrogen) atoms. The first-order valence-corrected chi connectivity index (χ1v) is 11.8. The number of anilines is 1. The molecule has 1 unspecified atom stereocenters. The third-order valence-corrected chi connectivity index (χ3v) is 7.51. The van der Waals surface area contributed by atoms with Gasteiger partial charge in [0.1, 0.15) is 0 Å². The van der Waals surface area contributed by atoms with Gasteiger partial charge in [-0.2, -0.15) is 4.68 Å². The van der Waals surface area contributed by atoms with E-state index in [-0.39, 0.29) is 10.8 Å². The van der Waals surface area contributed by atoms with E-state index in [0.29, 0.717) is 21.6 Å². The summed E-state index contributed by atoms with van der Waals surface area (Å²) < 4.78 is 27.4. The van der Waals surface area contributed by atoms with Gasteiger partial charge in [-0.15, -0.1) is 5.10 Å². The topological polar surface area (TPSA) is 110 Å². The Kier molecular flexibility index (Phi) is 6.99. The minimum absolute atomic E-state index is 0.102. The maximum atomic E-state index is 12.8. The van der Waals surface area contributed by atoms with Crippen molar-refractivity contribution in [2.75, 3.05) is 19.4 Å². The number of rotatable bonds is 7. The molecule has 0 saturated heterocycles. The molecule has 0 aliphatic heterocycles. The van der Waals surface area contributed by atoms with Crippen LogP contribution in [-0.4, -0.2) is 58.2 Å². The number of thioether (sulfide) groups is 1. The standard InChI is InChI=1S/C19H21ClN6O3S2/c1-12-5-10-16(31(28,29)25(3)4)11-17(12)21-18(27)13(2)30-19-22-23-24-26(19)15-8-6-14(20)7-9-15/h5-11,13H,1-4H3,(H,21,27). The van der Waals surface area contributed by atoms with Gasteiger partial charge in [-0.1, -0.05) is 29.4 Å². The summed E-state index contributed by atoms with van der Waals surface area (Å²) in [5.41, 5.74) is 1.88. The van der Waals surface area contributed by atoms with Crippen LogP contribution in [0.25, 0.3) is 5.69 Å². The molecule has 0 fully saturated rings. The van der Waals surface area contributed by atoms with Crippen molar-refractivity contribution in [1.82, 2.24) is 24.5 Å². The number of tetrazole rings is 1. The number of hydrogen-bond acceptors (Lipinski definition) is 7. The fourth-order valence-electron chi connectivity index (χ4n) is 2.55. The number of sulfonamides is 1. The van der Waals surface area contributed by atoms with Crippen LogP contribution in [0.15, 0.2) is 52.5 Å². The molecule has 1 N–H and O–H groups in total. The first-order valence-electron chi connectivity index (χ1n) is 9.14. The second-order valence-electron chi connectivity index (χ2n) is 6.86. The van der Waals surface area contributed by atoms with Crippen LogP contribution >= 0.6 is 23.4 Å². The Balaban J connectivity index is 1.77. The van der Waals surface area contributed by atoms with Crippen LogP contribution in [0, 0.1) is 6.92 Å². The number of aromatic nitrogens is 4. The number of hydrogen-bond donors (Lipinski definition) is 1. The van der Waals surface area contributed by atoms with Gasteiger partial charge in [0.15, 0.2) is 0 Å². The largest absolute Gasteiger partial charge is 0.325 e. The van der Waals surface area contributed by atoms with Crippen molar-refractivity contribution in [3.05, 3.63) is 53.1 Å². The zero-order chi connectivity index (χ0) is 22.8. The summed E-state index contributed by atoms with van der Waals surface area (Å²) in [5.74, 6) is -0.307. The molecule has 0 spiro atoms. The van der Waals surface area contributed by atoms with E-state index in [4.69, 9.17) is 11.6 Å². The molecule has 164 valence electrons. The molecular formula is C19H21ClN6O3S2. The van der Waals surface area contributed by atoms with Crippen molar-refractivity contribution in [2.45, 2.75) is 29.1 Å². The highest BCUT2D eigenvalue weighted by Gasteiger charge is 2.22. The third-order valence-electron chi connectivity index (χ3n) is 4.41. The van der Waals surface area contributed by atoms with Gasteiger partial charge in [0.05, 0.1) is 15.8 Å². The molecule has 0 bridgehead atoms. The van der Waals surface area contributed by atoms with Gasteiger partial charge in [-0.05, 0) is 66.2 Å². The summed E-state index contributed by atoms with van der Waals surface area (Å²) in [7, 11) is -0.704. The van der Waals surface area contributed by atoms with Crippen LogP contribution in [0.2, 0.25) is 5.02 Å². The van der Waals surface area contributed by atoms with Crippen LogP contribution < -0.4 is 5.32 Å². The molecule has 1 heterocycles. The lowest BCUT2D eigenvalue weighted by Crippen LogP contribution is -2.25. The van der Waals surface area contributed by atoms with Gasteiger partial charge in [0.2, 0.25) is 21.1 Å². The highest BCUT2D eigenvalue weighted by molar-refractivity contribution is 8.00. The van der Waals surface area contributed by atoms with Gasteiger partial charge < -0.3 is 5.32 Å². The Hall–Kier alpha value is -2.47. The van der Waals surface area contributed by atoms with Gasteiger partial charge in [-0.25, -0.2) is 12.7 Å². The fourth-order valence-corrected chi connectivity index (χ4v) is 4.41. The predicted octanol–water partition coefficient (Wildman–Crippen LogP) is 2.99. The Morgan fingerprint density at radius 3 is 2.52 bits per heavy atom. The second kappa shape index (κ2) is 9.35. The maximum Gasteiger partial charge on any atom is 0.242 e. The Bertz CT molecular complexity index is 1200. The fraction of sp³-hybridized carbons (Fsp3) is 0.263. The van der Waals surface area contributed by atoms with Crippen LogP contribution in [0.4, 0.5) is 5.69 Å². The lowest BCUT2D eigenvalue weighted by atomic mass is 10.2. The van der Waals surface area contributed by atoms with Crippen LogP contribution in [-0.2, 0) is 14.8 Å². The highest BCUT2D eigenvalue weighted by Crippen LogP contribution is 2.26. The van der Waals surface area contributed by atoms with E-state index in [2.05, 4.69) is 20.8 Å². The average molecular weight is 481 g/mol. The molecule has 1 amide bonds. The molecule has 0 aliphatic carbocycles. The smallest absolute Gasteiger partial charge is 0.242 e. The van der Waals surface area contributed by atoms with E-state index in [0.717, 1.165) is 9.87 Å². The minimum atomic E-state index is -3.62. The quantitative estimate of drug-likeness (QED) is 0.517. The number of nitrogens with zero attached hydrogens (tertiary/aromatic N) is 5. The van der Waals surface area contributed by atoms with Gasteiger partial charge in [-0.3, -0.25) is 4.79 Å². The van der Waals surface area contributed by atoms with Crippen LogP contribution in [0.5, 0.6) is 0 Å². The Morgan fingerprint density at radius 2 is 1.87 bits per heavy atom. The van der Waals surface area contributed by atoms with Crippen molar-refractivity contribution in [2.24, 2.45) is 0 Å². The molecule has 1 atom stereocenters. The number of nitrogens with one attached hydrogen (secondary N) is 1. The molecule has 9 nitrogen and oxygen atoms in total. The third kappa shape index (κ3) is 5.24. The maximum absolute atomic E-state index is 12.8. The molecule has 12 heteroatoms. The van der Waals surface area contributed by atoms with Crippen molar-refractivity contribution in [3.8, 4) is 5.69 Å². The van der Waals surface area contributed by atoms with Crippen molar-refractivity contribution >= 4 is 45.0 Å². The SMILES string of the molecule is Cc1ccc(S(=O)(=O)N(C)C)cc1NC(=O)C(C)Sc1nnnn1-c1ccc(Cl)cc1. The summed E-state index contributed by atoms with van der Waals surface area (Å²) >= 11 is 7.10. The summed E-state index contributed by atoms with van der Waals surface area (Å²) in [6.45, 7) is 3.51.